The average molecular weight is 680 g/mol. The molecule has 2 amide bonds. The van der Waals surface area contributed by atoms with E-state index in [1.165, 1.54) is 18.2 Å². The van der Waals surface area contributed by atoms with E-state index in [0.29, 0.717) is 25.3 Å². The highest BCUT2D eigenvalue weighted by atomic mass is 32.2. The number of carbonyl (C=O) groups is 2. The third kappa shape index (κ3) is 10.0. The Kier molecular flexibility index (Phi) is 13.0. The van der Waals surface area contributed by atoms with Crippen LogP contribution < -0.4 is 9.46 Å². The summed E-state index contributed by atoms with van der Waals surface area (Å²) in [5.41, 5.74) is 2.26. The molecule has 1 aliphatic rings. The van der Waals surface area contributed by atoms with Crippen LogP contribution in [0, 0.1) is 12.8 Å². The Morgan fingerprint density at radius 1 is 1.06 bits per heavy atom. The number of likely N-dealkylation sites (N-methyl/N-ethyl adjacent to an activating group) is 1. The fourth-order valence-corrected chi connectivity index (χ4v) is 6.71. The van der Waals surface area contributed by atoms with Crippen molar-refractivity contribution in [2.75, 3.05) is 38.1 Å². The Balaban J connectivity index is 1.63. The summed E-state index contributed by atoms with van der Waals surface area (Å²) in [5, 5.41) is 10.2. The highest BCUT2D eigenvalue weighted by Gasteiger charge is 2.31. The quantitative estimate of drug-likeness (QED) is 0.315. The minimum atomic E-state index is -3.93. The first-order valence-electron chi connectivity index (χ1n) is 16.6. The largest absolute Gasteiger partial charge is 0.490 e. The molecule has 2 N–H and O–H groups in total. The minimum absolute atomic E-state index is 0.0337. The maximum Gasteiger partial charge on any atom is 0.261 e. The number of hydrogen-bond donors (Lipinski definition) is 2. The molecule has 48 heavy (non-hydrogen) atoms. The topological polar surface area (TPSA) is 125 Å². The molecule has 0 aromatic heterocycles. The number of benzene rings is 3. The first-order valence-corrected chi connectivity index (χ1v) is 18.1. The van der Waals surface area contributed by atoms with Gasteiger partial charge >= 0.3 is 0 Å². The highest BCUT2D eigenvalue weighted by molar-refractivity contribution is 7.92. The van der Waals surface area contributed by atoms with Gasteiger partial charge in [0.1, 0.15) is 5.75 Å². The lowest BCUT2D eigenvalue weighted by Crippen LogP contribution is -2.48. The van der Waals surface area contributed by atoms with Crippen molar-refractivity contribution in [3.63, 3.8) is 0 Å². The van der Waals surface area contributed by atoms with Crippen LogP contribution in [0.5, 0.6) is 5.75 Å². The first-order chi connectivity index (χ1) is 22.9. The highest BCUT2D eigenvalue weighted by Crippen LogP contribution is 2.29. The smallest absolute Gasteiger partial charge is 0.261 e. The van der Waals surface area contributed by atoms with Gasteiger partial charge in [-0.3, -0.25) is 14.3 Å². The zero-order valence-corrected chi connectivity index (χ0v) is 29.4. The van der Waals surface area contributed by atoms with Gasteiger partial charge in [-0.15, -0.1) is 0 Å². The van der Waals surface area contributed by atoms with Crippen LogP contribution in [0.3, 0.4) is 0 Å². The van der Waals surface area contributed by atoms with Crippen molar-refractivity contribution in [1.29, 1.82) is 0 Å². The fraction of sp³-hybridized carbons (Fsp3) is 0.459. The van der Waals surface area contributed by atoms with Crippen LogP contribution >= 0.6 is 0 Å². The van der Waals surface area contributed by atoms with Gasteiger partial charge in [0.25, 0.3) is 15.9 Å². The van der Waals surface area contributed by atoms with E-state index < -0.39 is 22.0 Å². The van der Waals surface area contributed by atoms with Gasteiger partial charge in [0.2, 0.25) is 5.91 Å². The Morgan fingerprint density at radius 3 is 2.46 bits per heavy atom. The molecule has 0 saturated carbocycles. The van der Waals surface area contributed by atoms with Crippen molar-refractivity contribution in [2.45, 2.75) is 76.5 Å². The van der Waals surface area contributed by atoms with Gasteiger partial charge < -0.3 is 24.4 Å². The second kappa shape index (κ2) is 16.9. The maximum atomic E-state index is 14.4. The van der Waals surface area contributed by atoms with E-state index in [-0.39, 0.29) is 59.8 Å². The molecule has 1 aliphatic heterocycles. The molecule has 0 spiro atoms. The molecule has 1 heterocycles. The Hall–Kier alpha value is -3.93. The summed E-state index contributed by atoms with van der Waals surface area (Å²) in [6.07, 6.45) is 2.01. The van der Waals surface area contributed by atoms with Crippen molar-refractivity contribution >= 4 is 27.5 Å². The van der Waals surface area contributed by atoms with Crippen molar-refractivity contribution in [3.8, 4) is 5.75 Å². The minimum Gasteiger partial charge on any atom is -0.490 e. The molecular weight excluding hydrogens is 630 g/mol. The third-order valence-corrected chi connectivity index (χ3v) is 10.1. The number of aliphatic hydroxyl groups excluding tert-OH is 1. The van der Waals surface area contributed by atoms with Gasteiger partial charge in [-0.2, -0.15) is 0 Å². The predicted octanol–water partition coefficient (Wildman–Crippen LogP) is 5.29. The average Bonchev–Trinajstić information content (AvgIpc) is 3.06. The predicted molar refractivity (Wildman–Crippen MR) is 187 cm³/mol. The number of amides is 2. The summed E-state index contributed by atoms with van der Waals surface area (Å²) >= 11 is 0. The van der Waals surface area contributed by atoms with Crippen LogP contribution in [0.25, 0.3) is 0 Å². The number of nitrogens with zero attached hydrogens (tertiary/aromatic N) is 2. The summed E-state index contributed by atoms with van der Waals surface area (Å²) < 4.78 is 41.7. The lowest BCUT2D eigenvalue weighted by molar-refractivity contribution is -0.131. The van der Waals surface area contributed by atoms with E-state index in [0.717, 1.165) is 24.0 Å². The Morgan fingerprint density at radius 2 is 1.77 bits per heavy atom. The molecule has 4 atom stereocenters. The fourth-order valence-electron chi connectivity index (χ4n) is 5.66. The summed E-state index contributed by atoms with van der Waals surface area (Å²) in [7, 11) is -2.16. The van der Waals surface area contributed by atoms with Gasteiger partial charge in [-0.05, 0) is 75.9 Å². The summed E-state index contributed by atoms with van der Waals surface area (Å²) in [6.45, 7) is 8.31. The molecule has 0 unspecified atom stereocenters. The standard InChI is InChI=1S/C37H49N3O7S/c1-26-14-17-32(18-15-26)48(44,45)38-31-16-19-34-33(22-31)37(43)40(28(3)25-41)23-27(2)35(46-20-10-9-11-29(4)47-34)24-39(5)36(42)21-30-12-7-6-8-13-30/h6-8,12-19,22,27-29,35,38,41H,9-11,20-21,23-25H2,1-5H3/t27-,28-,29+,35-/m0/s1. The molecule has 11 heteroatoms. The van der Waals surface area contributed by atoms with E-state index in [1.54, 1.807) is 48.0 Å². The molecule has 260 valence electrons. The second-order valence-electron chi connectivity index (χ2n) is 12.9. The van der Waals surface area contributed by atoms with E-state index in [9.17, 15) is 23.1 Å². The first kappa shape index (κ1) is 36.9. The van der Waals surface area contributed by atoms with Crippen LogP contribution in [0.2, 0.25) is 0 Å². The summed E-state index contributed by atoms with van der Waals surface area (Å²) in [6, 6.07) is 20.2. The zero-order valence-electron chi connectivity index (χ0n) is 28.6. The number of aryl methyl sites for hydroxylation is 1. The van der Waals surface area contributed by atoms with Crippen LogP contribution in [0.4, 0.5) is 5.69 Å². The lowest BCUT2D eigenvalue weighted by atomic mass is 10.0. The number of ether oxygens (including phenoxy) is 2. The summed E-state index contributed by atoms with van der Waals surface area (Å²) in [4.78, 5) is 30.9. The van der Waals surface area contributed by atoms with E-state index >= 15 is 0 Å². The van der Waals surface area contributed by atoms with E-state index in [4.69, 9.17) is 9.47 Å². The SMILES string of the molecule is Cc1ccc(S(=O)(=O)Nc2ccc3c(c2)C(=O)N([C@@H](C)CO)C[C@H](C)[C@H](CN(C)C(=O)Cc2ccccc2)OCCCC[C@@H](C)O3)cc1. The second-order valence-corrected chi connectivity index (χ2v) is 14.5. The van der Waals surface area contributed by atoms with Gasteiger partial charge in [0, 0.05) is 38.3 Å². The van der Waals surface area contributed by atoms with Gasteiger partial charge in [-0.1, -0.05) is 55.0 Å². The molecule has 3 aromatic carbocycles. The molecule has 10 nitrogen and oxygen atoms in total. The molecular formula is C37H49N3O7S. The number of aliphatic hydroxyl groups is 1. The van der Waals surface area contributed by atoms with Crippen molar-refractivity contribution < 1.29 is 32.6 Å². The van der Waals surface area contributed by atoms with Gasteiger partial charge in [0.15, 0.2) is 0 Å². The number of carbonyl (C=O) groups excluding carboxylic acids is 2. The monoisotopic (exact) mass is 679 g/mol. The molecule has 0 aliphatic carbocycles. The summed E-state index contributed by atoms with van der Waals surface area (Å²) in [5.74, 6) is -0.325. The molecule has 4 rings (SSSR count). The van der Waals surface area contributed by atoms with Crippen LogP contribution in [0.1, 0.15) is 61.5 Å². The number of nitrogens with one attached hydrogen (secondary N) is 1. The number of sulfonamides is 1. The van der Waals surface area contributed by atoms with Crippen molar-refractivity contribution in [2.24, 2.45) is 5.92 Å². The number of hydrogen-bond acceptors (Lipinski definition) is 7. The lowest BCUT2D eigenvalue weighted by Gasteiger charge is -2.36. The number of rotatable bonds is 9. The van der Waals surface area contributed by atoms with E-state index in [1.807, 2.05) is 51.1 Å². The molecule has 0 bridgehead atoms. The third-order valence-electron chi connectivity index (χ3n) is 8.71. The maximum absolute atomic E-state index is 14.4. The van der Waals surface area contributed by atoms with Gasteiger partial charge in [0.05, 0.1) is 41.7 Å². The molecule has 0 radical (unpaired) electrons. The van der Waals surface area contributed by atoms with Crippen LogP contribution in [-0.4, -0.2) is 86.7 Å². The van der Waals surface area contributed by atoms with Crippen molar-refractivity contribution in [3.05, 3.63) is 89.5 Å². The van der Waals surface area contributed by atoms with Gasteiger partial charge in [-0.25, -0.2) is 8.42 Å². The molecule has 0 fully saturated rings. The van der Waals surface area contributed by atoms with Crippen molar-refractivity contribution in [1.82, 2.24) is 9.80 Å². The number of fused-ring (bicyclic) bond motifs is 1. The van der Waals surface area contributed by atoms with Crippen LogP contribution in [-0.2, 0) is 26.0 Å². The Labute approximate surface area is 285 Å². The molecule has 3 aromatic rings. The normalized spacial score (nSPS) is 20.2. The number of anilines is 1. The van der Waals surface area contributed by atoms with Crippen LogP contribution in [0.15, 0.2) is 77.7 Å². The Bertz CT molecular complexity index is 1620. The zero-order chi connectivity index (χ0) is 34.8. The van der Waals surface area contributed by atoms with E-state index in [2.05, 4.69) is 4.72 Å². The molecule has 0 saturated heterocycles.